The zero-order valence-corrected chi connectivity index (χ0v) is 15.9. The number of nitrogens with zero attached hydrogens (tertiary/aromatic N) is 3. The number of carbonyl (C=O) groups is 1. The quantitative estimate of drug-likeness (QED) is 0.489. The largest absolute Gasteiger partial charge is 0.470 e. The first-order chi connectivity index (χ1) is 13.3. The molecule has 3 rings (SSSR count). The normalized spacial score (nSPS) is 10.5. The van der Waals surface area contributed by atoms with Crippen LogP contribution in [0.25, 0.3) is 0 Å². The average Bonchev–Trinajstić information content (AvgIpc) is 3.13. The van der Waals surface area contributed by atoms with Crippen molar-refractivity contribution in [2.24, 2.45) is 0 Å². The molecular formula is C19H17ClN4O4. The molecule has 1 amide bonds. The van der Waals surface area contributed by atoms with Gasteiger partial charge in [-0.3, -0.25) is 14.9 Å². The number of halogens is 1. The lowest BCUT2D eigenvalue weighted by molar-refractivity contribution is -0.384. The number of benzene rings is 2. The Morgan fingerprint density at radius 1 is 1.25 bits per heavy atom. The lowest BCUT2D eigenvalue weighted by Gasteiger charge is -2.09. The Morgan fingerprint density at radius 2 is 2.04 bits per heavy atom. The molecule has 28 heavy (non-hydrogen) atoms. The van der Waals surface area contributed by atoms with E-state index in [-0.39, 0.29) is 18.1 Å². The van der Waals surface area contributed by atoms with Gasteiger partial charge in [-0.15, -0.1) is 0 Å². The Morgan fingerprint density at radius 3 is 2.75 bits per heavy atom. The highest BCUT2D eigenvalue weighted by Gasteiger charge is 2.14. The molecule has 144 valence electrons. The number of aromatic nitrogens is 2. The van der Waals surface area contributed by atoms with Crippen LogP contribution in [-0.4, -0.2) is 20.6 Å². The van der Waals surface area contributed by atoms with Gasteiger partial charge in [-0.25, -0.2) is 4.68 Å². The summed E-state index contributed by atoms with van der Waals surface area (Å²) in [7, 11) is 0. The summed E-state index contributed by atoms with van der Waals surface area (Å²) in [5.41, 5.74) is 2.23. The van der Waals surface area contributed by atoms with Crippen molar-refractivity contribution in [1.82, 2.24) is 9.78 Å². The number of nitro benzene ring substituents is 1. The van der Waals surface area contributed by atoms with Crippen LogP contribution in [0.3, 0.4) is 0 Å². The SMILES string of the molecule is Cc1ccc(Cl)c(OCn2ccc(C(=O)Nc3ccc([N+](=O)[O-])cc3C)n2)c1. The molecular weight excluding hydrogens is 384 g/mol. The molecule has 0 fully saturated rings. The lowest BCUT2D eigenvalue weighted by atomic mass is 10.1. The molecule has 2 aromatic carbocycles. The molecule has 0 unspecified atom stereocenters. The van der Waals surface area contributed by atoms with Gasteiger partial charge in [0.25, 0.3) is 11.6 Å². The average molecular weight is 401 g/mol. The van der Waals surface area contributed by atoms with Gasteiger partial charge in [-0.05, 0) is 49.2 Å². The third kappa shape index (κ3) is 4.47. The van der Waals surface area contributed by atoms with E-state index in [9.17, 15) is 14.9 Å². The van der Waals surface area contributed by atoms with Crippen molar-refractivity contribution in [2.75, 3.05) is 5.32 Å². The maximum absolute atomic E-state index is 12.4. The van der Waals surface area contributed by atoms with E-state index in [2.05, 4.69) is 10.4 Å². The molecule has 0 atom stereocenters. The molecule has 9 heteroatoms. The van der Waals surface area contributed by atoms with E-state index < -0.39 is 10.8 Å². The minimum absolute atomic E-state index is 0.0354. The number of amides is 1. The van der Waals surface area contributed by atoms with Crippen molar-refractivity contribution in [3.8, 4) is 5.75 Å². The number of hydrogen-bond acceptors (Lipinski definition) is 5. The molecule has 0 aliphatic rings. The van der Waals surface area contributed by atoms with Crippen LogP contribution in [0.15, 0.2) is 48.7 Å². The highest BCUT2D eigenvalue weighted by molar-refractivity contribution is 6.32. The summed E-state index contributed by atoms with van der Waals surface area (Å²) in [4.78, 5) is 22.7. The maximum Gasteiger partial charge on any atom is 0.276 e. The maximum atomic E-state index is 12.4. The lowest BCUT2D eigenvalue weighted by Crippen LogP contribution is -2.15. The van der Waals surface area contributed by atoms with Crippen LogP contribution in [0.5, 0.6) is 5.75 Å². The van der Waals surface area contributed by atoms with E-state index in [4.69, 9.17) is 16.3 Å². The first-order valence-corrected chi connectivity index (χ1v) is 8.70. The van der Waals surface area contributed by atoms with Crippen LogP contribution in [-0.2, 0) is 6.73 Å². The monoisotopic (exact) mass is 400 g/mol. The van der Waals surface area contributed by atoms with Gasteiger partial charge >= 0.3 is 0 Å². The van der Waals surface area contributed by atoms with E-state index in [0.29, 0.717) is 22.0 Å². The molecule has 8 nitrogen and oxygen atoms in total. The van der Waals surface area contributed by atoms with Crippen molar-refractivity contribution >= 4 is 28.9 Å². The van der Waals surface area contributed by atoms with Gasteiger partial charge in [0, 0.05) is 24.0 Å². The van der Waals surface area contributed by atoms with Crippen molar-refractivity contribution in [3.63, 3.8) is 0 Å². The molecule has 0 bridgehead atoms. The van der Waals surface area contributed by atoms with Crippen LogP contribution in [0.2, 0.25) is 5.02 Å². The standard InChI is InChI=1S/C19H17ClN4O4/c1-12-3-5-15(20)18(9-12)28-11-23-8-7-17(22-23)19(25)21-16-6-4-14(24(26)27)10-13(16)2/h3-10H,11H2,1-2H3,(H,21,25). The molecule has 1 N–H and O–H groups in total. The number of hydrogen-bond donors (Lipinski definition) is 1. The molecule has 0 aliphatic heterocycles. The summed E-state index contributed by atoms with van der Waals surface area (Å²) in [6.45, 7) is 3.70. The van der Waals surface area contributed by atoms with Gasteiger partial charge in [-0.2, -0.15) is 5.10 Å². The zero-order chi connectivity index (χ0) is 20.3. The molecule has 1 heterocycles. The van der Waals surface area contributed by atoms with E-state index in [0.717, 1.165) is 5.56 Å². The summed E-state index contributed by atoms with van der Waals surface area (Å²) >= 11 is 6.09. The molecule has 3 aromatic rings. The van der Waals surface area contributed by atoms with Crippen LogP contribution < -0.4 is 10.1 Å². The fourth-order valence-electron chi connectivity index (χ4n) is 2.50. The number of ether oxygens (including phenoxy) is 1. The van der Waals surface area contributed by atoms with Gasteiger partial charge in [0.15, 0.2) is 12.4 Å². The zero-order valence-electron chi connectivity index (χ0n) is 15.2. The predicted molar refractivity (Wildman–Crippen MR) is 105 cm³/mol. The van der Waals surface area contributed by atoms with Gasteiger partial charge < -0.3 is 10.1 Å². The summed E-state index contributed by atoms with van der Waals surface area (Å²) in [6.07, 6.45) is 1.61. The summed E-state index contributed by atoms with van der Waals surface area (Å²) in [6, 6.07) is 11.2. The second kappa shape index (κ2) is 8.10. The highest BCUT2D eigenvalue weighted by atomic mass is 35.5. The summed E-state index contributed by atoms with van der Waals surface area (Å²) in [5.74, 6) is 0.106. The first kappa shape index (κ1) is 19.4. The number of nitro groups is 1. The van der Waals surface area contributed by atoms with Crippen molar-refractivity contribution in [1.29, 1.82) is 0 Å². The summed E-state index contributed by atoms with van der Waals surface area (Å²) in [5, 5.41) is 18.2. The Hall–Kier alpha value is -3.39. The Labute approximate surface area is 165 Å². The van der Waals surface area contributed by atoms with E-state index >= 15 is 0 Å². The minimum Gasteiger partial charge on any atom is -0.470 e. The van der Waals surface area contributed by atoms with Crippen molar-refractivity contribution in [2.45, 2.75) is 20.6 Å². The first-order valence-electron chi connectivity index (χ1n) is 8.32. The van der Waals surface area contributed by atoms with Crippen LogP contribution in [0.1, 0.15) is 21.6 Å². The van der Waals surface area contributed by atoms with E-state index in [1.165, 1.54) is 22.9 Å². The van der Waals surface area contributed by atoms with Crippen molar-refractivity contribution in [3.05, 3.63) is 80.6 Å². The second-order valence-electron chi connectivity index (χ2n) is 6.16. The molecule has 0 saturated heterocycles. The van der Waals surface area contributed by atoms with Crippen molar-refractivity contribution < 1.29 is 14.5 Å². The molecule has 0 saturated carbocycles. The Bertz CT molecular complexity index is 1050. The molecule has 0 spiro atoms. The van der Waals surface area contributed by atoms with Gasteiger partial charge in [0.2, 0.25) is 0 Å². The molecule has 0 aliphatic carbocycles. The number of nitrogens with one attached hydrogen (secondary N) is 1. The topological polar surface area (TPSA) is 99.3 Å². The van der Waals surface area contributed by atoms with Crippen LogP contribution in [0.4, 0.5) is 11.4 Å². The fraction of sp³-hybridized carbons (Fsp3) is 0.158. The third-order valence-corrected chi connectivity index (χ3v) is 4.29. The van der Waals surface area contributed by atoms with Crippen LogP contribution >= 0.6 is 11.6 Å². The van der Waals surface area contributed by atoms with E-state index in [1.54, 1.807) is 25.3 Å². The number of aryl methyl sites for hydroxylation is 2. The number of rotatable bonds is 6. The highest BCUT2D eigenvalue weighted by Crippen LogP contribution is 2.25. The molecule has 0 radical (unpaired) electrons. The minimum atomic E-state index is -0.485. The Balaban J connectivity index is 1.65. The number of non-ortho nitro benzene ring substituents is 1. The third-order valence-electron chi connectivity index (χ3n) is 3.98. The Kier molecular flexibility index (Phi) is 5.60. The predicted octanol–water partition coefficient (Wildman–Crippen LogP) is 4.35. The van der Waals surface area contributed by atoms with E-state index in [1.807, 2.05) is 19.1 Å². The van der Waals surface area contributed by atoms with Crippen LogP contribution in [0, 0.1) is 24.0 Å². The molecule has 1 aromatic heterocycles. The van der Waals surface area contributed by atoms with Gasteiger partial charge in [-0.1, -0.05) is 17.7 Å². The van der Waals surface area contributed by atoms with Gasteiger partial charge in [0.1, 0.15) is 5.75 Å². The smallest absolute Gasteiger partial charge is 0.276 e. The number of carbonyl (C=O) groups excluding carboxylic acids is 1. The summed E-state index contributed by atoms with van der Waals surface area (Å²) < 4.78 is 7.11. The second-order valence-corrected chi connectivity index (χ2v) is 6.57. The van der Waals surface area contributed by atoms with Gasteiger partial charge in [0.05, 0.1) is 9.95 Å². The number of anilines is 1. The fourth-order valence-corrected chi connectivity index (χ4v) is 2.67.